The van der Waals surface area contributed by atoms with Crippen molar-refractivity contribution in [3.63, 3.8) is 0 Å². The van der Waals surface area contributed by atoms with E-state index in [0.29, 0.717) is 5.56 Å². The van der Waals surface area contributed by atoms with E-state index in [-0.39, 0.29) is 17.7 Å². The number of aromatic hydroxyl groups is 1. The number of benzene rings is 1. The summed E-state index contributed by atoms with van der Waals surface area (Å²) >= 11 is 0. The Morgan fingerprint density at radius 3 is 2.34 bits per heavy atom. The fourth-order valence-corrected chi connectivity index (χ4v) is 5.47. The van der Waals surface area contributed by atoms with E-state index in [2.05, 4.69) is 0 Å². The maximum Gasteiger partial charge on any atom is 0.255 e. The van der Waals surface area contributed by atoms with Crippen molar-refractivity contribution in [3.8, 4) is 5.75 Å². The number of likely N-dealkylation sites (N-methyl/N-ethyl adjacent to an activating group) is 1. The van der Waals surface area contributed by atoms with Crippen molar-refractivity contribution in [1.29, 1.82) is 0 Å². The largest absolute Gasteiger partial charge is 0.509 e. The Morgan fingerprint density at radius 2 is 1.78 bits per heavy atom. The quantitative estimate of drug-likeness (QED) is 0.327. The second-order valence-corrected chi connectivity index (χ2v) is 8.91. The van der Waals surface area contributed by atoms with Crippen LogP contribution in [0.5, 0.6) is 5.75 Å². The number of aliphatic hydroxyl groups is 4. The van der Waals surface area contributed by atoms with Gasteiger partial charge in [0.1, 0.15) is 22.8 Å². The van der Waals surface area contributed by atoms with Gasteiger partial charge in [0.25, 0.3) is 5.91 Å². The molecule has 7 N–H and O–H groups in total. The van der Waals surface area contributed by atoms with Gasteiger partial charge < -0.3 is 31.3 Å². The summed E-state index contributed by atoms with van der Waals surface area (Å²) < 4.78 is 0. The third-order valence-electron chi connectivity index (χ3n) is 7.30. The lowest BCUT2D eigenvalue weighted by molar-refractivity contribution is -0.172. The zero-order valence-electron chi connectivity index (χ0n) is 17.7. The molecular weight excluding hydrogens is 420 g/mol. The highest BCUT2D eigenvalue weighted by atomic mass is 16.4. The van der Waals surface area contributed by atoms with E-state index in [0.717, 1.165) is 0 Å². The average Bonchev–Trinajstić information content (AvgIpc) is 2.70. The molecule has 5 unspecified atom stereocenters. The number of carbonyl (C=O) groups is 3. The summed E-state index contributed by atoms with van der Waals surface area (Å²) in [4.78, 5) is 39.9. The fraction of sp³-hybridized carbons (Fsp3) is 0.409. The maximum atomic E-state index is 13.3. The number of primary amides is 1. The highest BCUT2D eigenvalue weighted by Gasteiger charge is 2.70. The van der Waals surface area contributed by atoms with Gasteiger partial charge in [-0.05, 0) is 39.1 Å². The Morgan fingerprint density at radius 1 is 1.16 bits per heavy atom. The minimum atomic E-state index is -2.92. The van der Waals surface area contributed by atoms with Crippen LogP contribution < -0.4 is 5.73 Å². The highest BCUT2D eigenvalue weighted by Crippen LogP contribution is 2.55. The van der Waals surface area contributed by atoms with Crippen LogP contribution in [-0.2, 0) is 16.0 Å². The molecule has 32 heavy (non-hydrogen) atoms. The molecule has 0 saturated carbocycles. The molecular formula is C22H24N2O8. The van der Waals surface area contributed by atoms with Crippen LogP contribution in [0.2, 0.25) is 0 Å². The lowest BCUT2D eigenvalue weighted by Gasteiger charge is -2.57. The van der Waals surface area contributed by atoms with E-state index in [1.165, 1.54) is 38.1 Å². The molecule has 0 aliphatic heterocycles. The standard InChI is InChI=1S/C22H24N2O8/c1-21(24(2)3)16-14(26)9-7-8-5-4-6-10(25)11(8)15(27)12(9)18(29)22(16,32)19(30)13(17(21)28)20(23)31/h4-6,9,14,16,25-26,28-29,32H,7H2,1-3H3,(H2,23,31). The molecule has 1 aromatic rings. The molecule has 0 spiro atoms. The van der Waals surface area contributed by atoms with E-state index < -0.39 is 69.2 Å². The van der Waals surface area contributed by atoms with Gasteiger partial charge in [0, 0.05) is 11.5 Å². The molecule has 0 aromatic heterocycles. The Bertz CT molecular complexity index is 1150. The number of amides is 1. The number of hydrogen-bond donors (Lipinski definition) is 6. The molecule has 3 aliphatic carbocycles. The summed E-state index contributed by atoms with van der Waals surface area (Å²) in [5.41, 5.74) is -0.362. The third kappa shape index (κ3) is 2.37. The van der Waals surface area contributed by atoms with Crippen LogP contribution in [0.15, 0.2) is 40.9 Å². The zero-order valence-corrected chi connectivity index (χ0v) is 17.7. The second-order valence-electron chi connectivity index (χ2n) is 8.91. The van der Waals surface area contributed by atoms with Crippen LogP contribution in [0.4, 0.5) is 0 Å². The van der Waals surface area contributed by atoms with Crippen molar-refractivity contribution in [1.82, 2.24) is 4.90 Å². The molecule has 0 saturated heterocycles. The van der Waals surface area contributed by atoms with Gasteiger partial charge in [-0.2, -0.15) is 0 Å². The summed E-state index contributed by atoms with van der Waals surface area (Å²) in [5, 5.41) is 55.2. The van der Waals surface area contributed by atoms with E-state index >= 15 is 0 Å². The molecule has 0 bridgehead atoms. The van der Waals surface area contributed by atoms with Crippen molar-refractivity contribution in [3.05, 3.63) is 52.0 Å². The molecule has 0 fully saturated rings. The molecule has 1 aromatic carbocycles. The molecule has 10 nitrogen and oxygen atoms in total. The van der Waals surface area contributed by atoms with Gasteiger partial charge in [-0.3, -0.25) is 19.3 Å². The Balaban J connectivity index is 2.07. The predicted molar refractivity (Wildman–Crippen MR) is 110 cm³/mol. The van der Waals surface area contributed by atoms with Crippen LogP contribution in [0, 0.1) is 11.8 Å². The summed E-state index contributed by atoms with van der Waals surface area (Å²) in [7, 11) is 2.99. The molecule has 0 radical (unpaired) electrons. The number of phenolic OH excluding ortho intramolecular Hbond substituents is 1. The first-order chi connectivity index (χ1) is 14.8. The number of fused-ring (bicyclic) bond motifs is 3. The van der Waals surface area contributed by atoms with Gasteiger partial charge in [0.2, 0.25) is 5.78 Å². The molecule has 4 rings (SSSR count). The number of nitrogens with zero attached hydrogens (tertiary/aromatic N) is 1. The Labute approximate surface area is 182 Å². The van der Waals surface area contributed by atoms with Crippen molar-refractivity contribution in [2.24, 2.45) is 17.6 Å². The summed E-state index contributed by atoms with van der Waals surface area (Å²) in [6, 6.07) is 4.41. The number of hydrogen-bond acceptors (Lipinski definition) is 9. The number of phenols is 1. The lowest BCUT2D eigenvalue weighted by Crippen LogP contribution is -2.72. The average molecular weight is 444 g/mol. The van der Waals surface area contributed by atoms with Gasteiger partial charge in [0.05, 0.1) is 23.1 Å². The van der Waals surface area contributed by atoms with Gasteiger partial charge >= 0.3 is 0 Å². The van der Waals surface area contributed by atoms with Crippen molar-refractivity contribution in [2.45, 2.75) is 30.6 Å². The zero-order chi connectivity index (χ0) is 23.9. The van der Waals surface area contributed by atoms with Crippen LogP contribution in [-0.4, -0.2) is 79.2 Å². The van der Waals surface area contributed by atoms with Crippen molar-refractivity contribution >= 4 is 17.5 Å². The van der Waals surface area contributed by atoms with Gasteiger partial charge in [-0.1, -0.05) is 12.1 Å². The normalized spacial score (nSPS) is 34.4. The number of carbonyl (C=O) groups excluding carboxylic acids is 3. The fourth-order valence-electron chi connectivity index (χ4n) is 5.47. The minimum Gasteiger partial charge on any atom is -0.509 e. The molecule has 170 valence electrons. The van der Waals surface area contributed by atoms with E-state index in [1.807, 2.05) is 0 Å². The molecule has 0 heterocycles. The number of rotatable bonds is 2. The van der Waals surface area contributed by atoms with Crippen LogP contribution in [0.3, 0.4) is 0 Å². The summed E-state index contributed by atoms with van der Waals surface area (Å²) in [5.74, 6) is -8.32. The van der Waals surface area contributed by atoms with Gasteiger partial charge in [-0.15, -0.1) is 0 Å². The predicted octanol–water partition coefficient (Wildman–Crippen LogP) is -0.518. The molecule has 5 atom stereocenters. The number of Topliss-reactive ketones (excluding diaryl/α,β-unsaturated/α-hetero) is 2. The van der Waals surface area contributed by atoms with Crippen LogP contribution in [0.25, 0.3) is 0 Å². The third-order valence-corrected chi connectivity index (χ3v) is 7.30. The Kier molecular flexibility index (Phi) is 4.57. The highest BCUT2D eigenvalue weighted by molar-refractivity contribution is 6.25. The number of nitrogens with two attached hydrogens (primary N) is 1. The molecule has 3 aliphatic rings. The van der Waals surface area contributed by atoms with E-state index in [1.54, 1.807) is 6.07 Å². The number of ketones is 2. The first-order valence-electron chi connectivity index (χ1n) is 9.96. The first kappa shape index (κ1) is 22.0. The summed E-state index contributed by atoms with van der Waals surface area (Å²) in [6.45, 7) is 1.39. The molecule has 10 heteroatoms. The second kappa shape index (κ2) is 6.64. The van der Waals surface area contributed by atoms with E-state index in [9.17, 15) is 39.9 Å². The van der Waals surface area contributed by atoms with Crippen molar-refractivity contribution < 1.29 is 39.9 Å². The topological polar surface area (TPSA) is 182 Å². The monoisotopic (exact) mass is 444 g/mol. The Hall–Kier alpha value is -3.21. The van der Waals surface area contributed by atoms with Gasteiger partial charge in [-0.25, -0.2) is 0 Å². The van der Waals surface area contributed by atoms with Crippen LogP contribution >= 0.6 is 0 Å². The van der Waals surface area contributed by atoms with Crippen molar-refractivity contribution in [2.75, 3.05) is 14.1 Å². The smallest absolute Gasteiger partial charge is 0.255 e. The lowest BCUT2D eigenvalue weighted by atomic mass is 9.53. The number of aliphatic hydroxyl groups excluding tert-OH is 3. The molecule has 1 amide bonds. The van der Waals surface area contributed by atoms with Gasteiger partial charge in [0.15, 0.2) is 11.4 Å². The minimum absolute atomic E-state index is 0.0213. The van der Waals surface area contributed by atoms with E-state index in [4.69, 9.17) is 5.73 Å². The van der Waals surface area contributed by atoms with Crippen LogP contribution in [0.1, 0.15) is 22.8 Å². The first-order valence-corrected chi connectivity index (χ1v) is 9.96. The maximum absolute atomic E-state index is 13.3. The summed E-state index contributed by atoms with van der Waals surface area (Å²) in [6.07, 6.45) is -1.58. The SMILES string of the molecule is CN(C)C1(C)C(O)=C(C(N)=O)C(=O)C2(O)C(O)=C3C(=O)c4c(O)cccc4CC3C(O)C21.